The Kier molecular flexibility index (Phi) is 16.1. The molecule has 0 unspecified atom stereocenters. The van der Waals surface area contributed by atoms with Crippen LogP contribution in [-0.2, 0) is 15.1 Å². The van der Waals surface area contributed by atoms with E-state index in [4.69, 9.17) is 9.98 Å². The molecule has 0 aliphatic rings. The molecule has 45 heavy (non-hydrogen) atoms. The summed E-state index contributed by atoms with van der Waals surface area (Å²) in [4.78, 5) is 38.2. The van der Waals surface area contributed by atoms with E-state index in [9.17, 15) is 19.8 Å². The van der Waals surface area contributed by atoms with Crippen molar-refractivity contribution in [3.8, 4) is 0 Å². The average Bonchev–Trinajstić information content (AvgIpc) is 3.04. The Morgan fingerprint density at radius 2 is 0.822 bits per heavy atom. The molecule has 0 saturated carbocycles. The van der Waals surface area contributed by atoms with Crippen molar-refractivity contribution >= 4 is 45.1 Å². The van der Waals surface area contributed by atoms with Crippen LogP contribution in [0, 0.1) is 0 Å². The maximum absolute atomic E-state index is 12.0. The maximum atomic E-state index is 12.0. The van der Waals surface area contributed by atoms with E-state index in [0.717, 1.165) is 11.1 Å². The van der Waals surface area contributed by atoms with E-state index < -0.39 is 11.9 Å². The molecule has 1 heterocycles. The summed E-state index contributed by atoms with van der Waals surface area (Å²) in [6, 6.07) is 37.1. The number of carboxylic acid groups (broad SMARTS) is 2. The van der Waals surface area contributed by atoms with Crippen LogP contribution < -0.4 is 12.4 Å². The van der Waals surface area contributed by atoms with E-state index in [1.165, 1.54) is 12.1 Å². The summed E-state index contributed by atoms with van der Waals surface area (Å²) in [5, 5.41) is 19.6. The van der Waals surface area contributed by atoms with Crippen molar-refractivity contribution in [2.75, 3.05) is 0 Å². The summed E-state index contributed by atoms with van der Waals surface area (Å²) < 4.78 is 0. The topological polar surface area (TPSA) is 175 Å². The molecule has 0 bridgehead atoms. The first-order valence-electron chi connectivity index (χ1n) is 12.6. The Morgan fingerprint density at radius 3 is 1.16 bits per heavy atom. The van der Waals surface area contributed by atoms with Crippen LogP contribution in [0.1, 0.15) is 43.0 Å². The summed E-state index contributed by atoms with van der Waals surface area (Å²) in [5.41, 5.74) is 3.51. The second-order valence-electron chi connectivity index (χ2n) is 8.71. The molecular weight excluding hydrogens is 660 g/mol. The number of hydrogen-bond acceptors (Lipinski definition) is 5. The first kappa shape index (κ1) is 38.4. The normalized spacial score (nSPS) is 10.5. The number of hydrogen-bond donors (Lipinski definition) is 2. The number of halogens is 2. The molecule has 6 N–H and O–H groups in total. The molecule has 0 saturated heterocycles. The number of rotatable bonds is 8. The third kappa shape index (κ3) is 9.66. The van der Waals surface area contributed by atoms with Gasteiger partial charge in [0.25, 0.3) is 0 Å². The van der Waals surface area contributed by atoms with E-state index in [0.29, 0.717) is 34.2 Å². The Balaban J connectivity index is 0.00000199. The predicted molar refractivity (Wildman–Crippen MR) is 168 cm³/mol. The third-order valence-electron chi connectivity index (χ3n) is 6.09. The van der Waals surface area contributed by atoms with Crippen molar-refractivity contribution in [3.05, 3.63) is 161 Å². The van der Waals surface area contributed by atoms with Crippen LogP contribution in [-0.4, -0.2) is 49.5 Å². The zero-order valence-corrected chi connectivity index (χ0v) is 26.0. The molecule has 9 nitrogen and oxygen atoms in total. The van der Waals surface area contributed by atoms with E-state index >= 15 is 0 Å². The summed E-state index contributed by atoms with van der Waals surface area (Å²) in [6.07, 6.45) is 0. The fourth-order valence-corrected chi connectivity index (χ4v) is 4.27. The van der Waals surface area contributed by atoms with Gasteiger partial charge in [0, 0.05) is 22.3 Å². The average molecular weight is 687 g/mol. The van der Waals surface area contributed by atoms with Gasteiger partial charge in [0.2, 0.25) is 0 Å². The molecule has 0 atom stereocenters. The number of pyridine rings is 1. The van der Waals surface area contributed by atoms with Gasteiger partial charge < -0.3 is 33.6 Å². The number of aliphatic imine (C=N–C) groups is 2. The van der Waals surface area contributed by atoms with Crippen LogP contribution in [0.25, 0.3) is 0 Å². The van der Waals surface area contributed by atoms with Crippen molar-refractivity contribution in [1.82, 2.24) is 4.98 Å². The van der Waals surface area contributed by atoms with Crippen LogP contribution >= 0.6 is 10.1 Å². The van der Waals surface area contributed by atoms with Gasteiger partial charge in [-0.05, 0) is 24.3 Å². The molecule has 231 valence electrons. The predicted octanol–water partition coefficient (Wildman–Crippen LogP) is 2.86. The number of benzene rings is 4. The number of carbonyl (C=O) groups is 2. The molecule has 0 radical (unpaired) electrons. The van der Waals surface area contributed by atoms with Gasteiger partial charge >= 0.3 is 37.1 Å². The fourth-order valence-electron chi connectivity index (χ4n) is 4.27. The molecular formula is C33H27Cl2MnN3O6. The molecule has 5 rings (SSSR count). The molecule has 4 aromatic carbocycles. The first-order valence-corrected chi connectivity index (χ1v) is 14.2. The van der Waals surface area contributed by atoms with Crippen molar-refractivity contribution in [1.29, 1.82) is 0 Å². The minimum atomic E-state index is -1.06. The van der Waals surface area contributed by atoms with Crippen LogP contribution in [0.2, 0.25) is 0 Å². The molecule has 0 amide bonds. The van der Waals surface area contributed by atoms with Gasteiger partial charge in [-0.25, -0.2) is 24.6 Å². The van der Waals surface area contributed by atoms with E-state index in [1.54, 1.807) is 54.6 Å². The molecule has 12 heteroatoms. The zero-order valence-electron chi connectivity index (χ0n) is 23.3. The molecule has 5 aromatic rings. The second-order valence-corrected chi connectivity index (χ2v) is 8.71. The van der Waals surface area contributed by atoms with Crippen LogP contribution in [0.3, 0.4) is 0 Å². The van der Waals surface area contributed by atoms with Crippen LogP contribution in [0.5, 0.6) is 0 Å². The number of aromatic nitrogens is 1. The van der Waals surface area contributed by atoms with Gasteiger partial charge in [0.15, 0.2) is 11.6 Å². The summed E-state index contributed by atoms with van der Waals surface area (Å²) in [5.74, 6) is -1.48. The molecule has 0 aliphatic carbocycles. The zero-order chi connectivity index (χ0) is 29.9. The van der Waals surface area contributed by atoms with E-state index in [2.05, 4.69) is 30.2 Å². The van der Waals surface area contributed by atoms with Crippen molar-refractivity contribution in [2.45, 2.75) is 0 Å². The molecule has 0 aliphatic heterocycles. The Hall–Kier alpha value is -4.67. The molecule has 0 fully saturated rings. The molecule has 0 spiro atoms. The van der Waals surface area contributed by atoms with Gasteiger partial charge in [0.05, 0.1) is 22.6 Å². The summed E-state index contributed by atoms with van der Waals surface area (Å²) >= 11 is 2.41. The number of aromatic carboxylic acids is 2. The minimum absolute atomic E-state index is 0. The van der Waals surface area contributed by atoms with E-state index in [1.807, 2.05) is 60.7 Å². The number of nitrogens with zero attached hydrogens (tertiary/aromatic N) is 3. The van der Waals surface area contributed by atoms with Crippen LogP contribution in [0.15, 0.2) is 137 Å². The van der Waals surface area contributed by atoms with Crippen molar-refractivity contribution in [3.63, 3.8) is 0 Å². The summed E-state index contributed by atoms with van der Waals surface area (Å²) in [6.45, 7) is 0. The fraction of sp³-hybridized carbons (Fsp3) is 0. The van der Waals surface area contributed by atoms with Gasteiger partial charge in [-0.15, -0.1) is 0 Å². The Morgan fingerprint density at radius 1 is 0.511 bits per heavy atom. The van der Waals surface area contributed by atoms with Gasteiger partial charge in [-0.2, -0.15) is 0 Å². The third-order valence-corrected chi connectivity index (χ3v) is 6.09. The SMILES string of the molecule is O.O.O=C(O)c1ccccc1C(=Nc1cccc(/N=C(\c2ccccc2)c2ccccc2C(=O)O)n1)c1ccccc1.[Cl-].[Cl][Mn+]. The monoisotopic (exact) mass is 686 g/mol. The van der Waals surface area contributed by atoms with Gasteiger partial charge in [-0.1, -0.05) is 103 Å². The molecule has 1 aromatic heterocycles. The van der Waals surface area contributed by atoms with E-state index in [-0.39, 0.29) is 34.5 Å². The summed E-state index contributed by atoms with van der Waals surface area (Å²) in [7, 11) is 4.45. The first-order chi connectivity index (χ1) is 20.5. The standard InChI is InChI=1S/C33H23N3O4.2ClH.Mn.2H2O/c37-32(38)26-18-9-7-16-24(26)30(22-12-3-1-4-13-22)35-28-20-11-21-29(34-28)36-31(23-14-5-2-6-15-23)25-17-8-10-19-27(25)33(39)40;;;;;/h1-21H,(H,37,38)(H,39,40);2*1H;;2*1H2/q;;;+2;;/p-2/b35-30+,36-31?;;;;;. The van der Waals surface area contributed by atoms with Crippen LogP contribution in [0.4, 0.5) is 11.6 Å². The number of carboxylic acids is 2. The quantitative estimate of drug-likeness (QED) is 0.188. The van der Waals surface area contributed by atoms with Gasteiger partial charge in [0.1, 0.15) is 0 Å². The second kappa shape index (κ2) is 18.9. The van der Waals surface area contributed by atoms with Gasteiger partial charge in [-0.3, -0.25) is 0 Å². The Bertz CT molecular complexity index is 1650. The van der Waals surface area contributed by atoms with Crippen molar-refractivity contribution < 1.29 is 58.3 Å². The Labute approximate surface area is 278 Å². The van der Waals surface area contributed by atoms with Crippen molar-refractivity contribution in [2.24, 2.45) is 9.98 Å².